The predicted molar refractivity (Wildman–Crippen MR) is 117 cm³/mol. The minimum Gasteiger partial charge on any atom is -0.422 e. The first-order valence-corrected chi connectivity index (χ1v) is 10.6. The van der Waals surface area contributed by atoms with Crippen molar-refractivity contribution in [2.45, 2.75) is 50.9 Å². The molecule has 1 atom stereocenters. The van der Waals surface area contributed by atoms with Gasteiger partial charge in [0.25, 0.3) is 0 Å². The average molecular weight is 415 g/mol. The quantitative estimate of drug-likeness (QED) is 0.699. The molecule has 0 amide bonds. The molecule has 2 aliphatic rings. The van der Waals surface area contributed by atoms with E-state index in [-0.39, 0.29) is 17.2 Å². The number of fused-ring (bicyclic) bond motifs is 1. The summed E-state index contributed by atoms with van der Waals surface area (Å²) in [7, 11) is 1.84. The third-order valence-electron chi connectivity index (χ3n) is 6.03. The number of ether oxygens (including phenoxy) is 1. The Morgan fingerprint density at radius 3 is 2.52 bits per heavy atom. The third kappa shape index (κ3) is 3.10. The van der Waals surface area contributed by atoms with E-state index in [1.807, 2.05) is 19.4 Å². The zero-order valence-corrected chi connectivity index (χ0v) is 18.3. The normalized spacial score (nSPS) is 18.5. The van der Waals surface area contributed by atoms with Crippen LogP contribution < -0.4 is 10.5 Å². The zero-order valence-electron chi connectivity index (χ0n) is 18.3. The predicted octanol–water partition coefficient (Wildman–Crippen LogP) is 4.00. The van der Waals surface area contributed by atoms with Crippen molar-refractivity contribution in [2.24, 2.45) is 12.8 Å². The first-order chi connectivity index (χ1) is 14.8. The van der Waals surface area contributed by atoms with Crippen molar-refractivity contribution >= 4 is 0 Å². The molecule has 1 saturated carbocycles. The Morgan fingerprint density at radius 2 is 1.90 bits per heavy atom. The lowest BCUT2D eigenvalue weighted by atomic mass is 9.79. The standard InChI is InChI=1S/C24H26N6O/c1-24(2,3)20-19-18(17(13-25)21(26)31-23(19)29(4)28-20)14-7-9-16(10-8-14)30-12-11-27-22(30)15-5-6-15/h7-12,15,18H,5-6,26H2,1-4H3. The molecule has 2 aromatic heterocycles. The summed E-state index contributed by atoms with van der Waals surface area (Å²) in [5.41, 5.74) is 10.2. The van der Waals surface area contributed by atoms with Gasteiger partial charge in [-0.15, -0.1) is 0 Å². The van der Waals surface area contributed by atoms with Crippen LogP contribution in [0.1, 0.15) is 68.1 Å². The van der Waals surface area contributed by atoms with E-state index in [0.717, 1.165) is 28.3 Å². The molecule has 1 aromatic carbocycles. The Kier molecular flexibility index (Phi) is 4.23. The molecular formula is C24H26N6O. The molecule has 2 N–H and O–H groups in total. The van der Waals surface area contributed by atoms with Crippen molar-refractivity contribution in [3.63, 3.8) is 0 Å². The van der Waals surface area contributed by atoms with Crippen LogP contribution in [0.15, 0.2) is 48.1 Å². The Balaban J connectivity index is 1.63. The maximum atomic E-state index is 9.92. The van der Waals surface area contributed by atoms with Gasteiger partial charge in [0.1, 0.15) is 17.5 Å². The highest BCUT2D eigenvalue weighted by Gasteiger charge is 2.39. The second-order valence-corrected chi connectivity index (χ2v) is 9.39. The second-order valence-electron chi connectivity index (χ2n) is 9.39. The van der Waals surface area contributed by atoms with Crippen LogP contribution in [0.2, 0.25) is 0 Å². The molecule has 3 heterocycles. The molecule has 1 aliphatic carbocycles. The lowest BCUT2D eigenvalue weighted by molar-refractivity contribution is 0.358. The van der Waals surface area contributed by atoms with Gasteiger partial charge in [-0.2, -0.15) is 10.4 Å². The fourth-order valence-corrected chi connectivity index (χ4v) is 4.36. The highest BCUT2D eigenvalue weighted by molar-refractivity contribution is 5.57. The average Bonchev–Trinajstić information content (AvgIpc) is 3.36. The van der Waals surface area contributed by atoms with Crippen molar-refractivity contribution in [1.82, 2.24) is 19.3 Å². The van der Waals surface area contributed by atoms with Gasteiger partial charge in [-0.25, -0.2) is 9.67 Å². The Labute approximate surface area is 181 Å². The lowest BCUT2D eigenvalue weighted by Gasteiger charge is -2.27. The highest BCUT2D eigenvalue weighted by Crippen LogP contribution is 2.46. The number of aryl methyl sites for hydroxylation is 1. The summed E-state index contributed by atoms with van der Waals surface area (Å²) >= 11 is 0. The minimum absolute atomic E-state index is 0.137. The van der Waals surface area contributed by atoms with Crippen molar-refractivity contribution in [1.29, 1.82) is 5.26 Å². The smallest absolute Gasteiger partial charge is 0.224 e. The summed E-state index contributed by atoms with van der Waals surface area (Å²) in [6.45, 7) is 6.34. The number of nitriles is 1. The number of nitrogens with two attached hydrogens (primary N) is 1. The first-order valence-electron chi connectivity index (χ1n) is 10.6. The maximum absolute atomic E-state index is 9.92. The molecule has 1 fully saturated rings. The van der Waals surface area contributed by atoms with Gasteiger partial charge < -0.3 is 15.0 Å². The summed E-state index contributed by atoms with van der Waals surface area (Å²) in [5.74, 6) is 2.09. The van der Waals surface area contributed by atoms with Crippen molar-refractivity contribution in [3.8, 4) is 17.6 Å². The van der Waals surface area contributed by atoms with Gasteiger partial charge in [0.2, 0.25) is 11.8 Å². The van der Waals surface area contributed by atoms with Crippen LogP contribution in [-0.2, 0) is 12.5 Å². The largest absolute Gasteiger partial charge is 0.422 e. The van der Waals surface area contributed by atoms with Crippen molar-refractivity contribution in [2.75, 3.05) is 0 Å². The van der Waals surface area contributed by atoms with Gasteiger partial charge in [0, 0.05) is 36.5 Å². The van der Waals surface area contributed by atoms with E-state index in [1.54, 1.807) is 4.68 Å². The van der Waals surface area contributed by atoms with Gasteiger partial charge >= 0.3 is 0 Å². The van der Waals surface area contributed by atoms with Crippen LogP contribution in [0.25, 0.3) is 5.69 Å². The molecule has 0 bridgehead atoms. The van der Waals surface area contributed by atoms with Gasteiger partial charge in [0.15, 0.2) is 0 Å². The van der Waals surface area contributed by atoms with Crippen LogP contribution in [0.3, 0.4) is 0 Å². The van der Waals surface area contributed by atoms with E-state index >= 15 is 0 Å². The van der Waals surface area contributed by atoms with E-state index < -0.39 is 0 Å². The fourth-order valence-electron chi connectivity index (χ4n) is 4.36. The number of imidazole rings is 1. The fraction of sp³-hybridized carbons (Fsp3) is 0.375. The summed E-state index contributed by atoms with van der Waals surface area (Å²) in [4.78, 5) is 4.54. The van der Waals surface area contributed by atoms with E-state index in [0.29, 0.717) is 17.4 Å². The summed E-state index contributed by atoms with van der Waals surface area (Å²) in [6, 6.07) is 10.6. The monoisotopic (exact) mass is 414 g/mol. The number of nitrogens with zero attached hydrogens (tertiary/aromatic N) is 5. The number of rotatable bonds is 3. The Hall–Kier alpha value is -3.53. The maximum Gasteiger partial charge on any atom is 0.224 e. The van der Waals surface area contributed by atoms with Crippen LogP contribution >= 0.6 is 0 Å². The zero-order chi connectivity index (χ0) is 21.9. The number of benzene rings is 1. The molecule has 7 heteroatoms. The molecular weight excluding hydrogens is 388 g/mol. The van der Waals surface area contributed by atoms with Gasteiger partial charge in [-0.1, -0.05) is 32.9 Å². The van der Waals surface area contributed by atoms with E-state index in [2.05, 4.69) is 60.7 Å². The third-order valence-corrected chi connectivity index (χ3v) is 6.03. The number of hydrogen-bond acceptors (Lipinski definition) is 5. The van der Waals surface area contributed by atoms with Gasteiger partial charge in [0.05, 0.1) is 17.2 Å². The van der Waals surface area contributed by atoms with Crippen molar-refractivity contribution < 1.29 is 4.74 Å². The number of aromatic nitrogens is 4. The van der Waals surface area contributed by atoms with Crippen LogP contribution in [0, 0.1) is 11.3 Å². The van der Waals surface area contributed by atoms with E-state index in [1.165, 1.54) is 12.8 Å². The SMILES string of the molecule is Cn1nc(C(C)(C)C)c2c1OC(N)=C(C#N)C2c1ccc(-n2ccnc2C2CC2)cc1. The van der Waals surface area contributed by atoms with Gasteiger partial charge in [-0.3, -0.25) is 0 Å². The second kappa shape index (κ2) is 6.74. The van der Waals surface area contributed by atoms with Gasteiger partial charge in [-0.05, 0) is 30.5 Å². The van der Waals surface area contributed by atoms with Crippen LogP contribution in [0.5, 0.6) is 5.88 Å². The molecule has 31 heavy (non-hydrogen) atoms. The molecule has 0 spiro atoms. The molecule has 158 valence electrons. The molecule has 3 aromatic rings. The molecule has 1 unspecified atom stereocenters. The highest BCUT2D eigenvalue weighted by atomic mass is 16.5. The molecule has 1 aliphatic heterocycles. The summed E-state index contributed by atoms with van der Waals surface area (Å²) in [6.07, 6.45) is 6.26. The lowest BCUT2D eigenvalue weighted by Crippen LogP contribution is -2.24. The number of allylic oxidation sites excluding steroid dienone is 1. The van der Waals surface area contributed by atoms with Crippen molar-refractivity contribution in [3.05, 3.63) is 70.8 Å². The Morgan fingerprint density at radius 1 is 1.19 bits per heavy atom. The minimum atomic E-state index is -0.323. The molecule has 7 nitrogen and oxygen atoms in total. The topological polar surface area (TPSA) is 94.7 Å². The number of hydrogen-bond donors (Lipinski definition) is 1. The summed E-state index contributed by atoms with van der Waals surface area (Å²) < 4.78 is 9.71. The molecule has 5 rings (SSSR count). The van der Waals surface area contributed by atoms with Crippen LogP contribution in [0.4, 0.5) is 0 Å². The Bertz CT molecular complexity index is 1230. The molecule has 0 radical (unpaired) electrons. The molecule has 0 saturated heterocycles. The van der Waals surface area contributed by atoms with E-state index in [4.69, 9.17) is 15.6 Å². The van der Waals surface area contributed by atoms with E-state index in [9.17, 15) is 5.26 Å². The summed E-state index contributed by atoms with van der Waals surface area (Å²) in [5, 5.41) is 14.6. The first kappa shape index (κ1) is 19.4. The van der Waals surface area contributed by atoms with Crippen LogP contribution in [-0.4, -0.2) is 19.3 Å².